The van der Waals surface area contributed by atoms with E-state index in [1.165, 1.54) is 0 Å². The maximum absolute atomic E-state index is 12.0. The lowest BCUT2D eigenvalue weighted by Gasteiger charge is -2.12. The first-order chi connectivity index (χ1) is 9.31. The Balaban J connectivity index is 1.95. The molecular weight excluding hydrogens is 532 g/mol. The van der Waals surface area contributed by atoms with Crippen molar-refractivity contribution >= 4 is 81.4 Å². The Kier molecular flexibility index (Phi) is 5.25. The van der Waals surface area contributed by atoms with Gasteiger partial charge in [-0.1, -0.05) is 31.9 Å². The maximum Gasteiger partial charge on any atom is 0.346 e. The number of cyclic esters (lactones) is 2. The van der Waals surface area contributed by atoms with Gasteiger partial charge in [0.15, 0.2) is 0 Å². The van der Waals surface area contributed by atoms with Crippen LogP contribution in [0.5, 0.6) is 0 Å². The van der Waals surface area contributed by atoms with Crippen molar-refractivity contribution in [2.45, 2.75) is 25.0 Å². The average Bonchev–Trinajstić information content (AvgIpc) is 2.76. The van der Waals surface area contributed by atoms with E-state index in [4.69, 9.17) is 9.47 Å². The molecule has 0 saturated carbocycles. The van der Waals surface area contributed by atoms with Crippen LogP contribution < -0.4 is 0 Å². The fraction of sp³-hybridized carbons (Fsp3) is 0.364. The Morgan fingerprint density at radius 2 is 1.20 bits per heavy atom. The number of hydrogen-bond acceptors (Lipinski definition) is 5. The highest BCUT2D eigenvalue weighted by Gasteiger charge is 2.36. The number of esters is 2. The van der Waals surface area contributed by atoms with Crippen LogP contribution in [0.25, 0.3) is 0 Å². The van der Waals surface area contributed by atoms with E-state index in [0.29, 0.717) is 8.96 Å². The summed E-state index contributed by atoms with van der Waals surface area (Å²) < 4.78 is 11.6. The van der Waals surface area contributed by atoms with Gasteiger partial charge in [0.25, 0.3) is 0 Å². The number of carbonyl (C=O) groups is 3. The highest BCUT2D eigenvalue weighted by molar-refractivity contribution is 9.14. The Morgan fingerprint density at radius 3 is 1.45 bits per heavy atom. The average molecular weight is 538 g/mol. The van der Waals surface area contributed by atoms with Crippen LogP contribution >= 0.6 is 63.7 Å². The number of ether oxygens (including phenoxy) is 2. The third-order valence-electron chi connectivity index (χ3n) is 2.67. The standard InChI is InChI=1S/C11H6Br4O5/c12-6-4(19-10(17)8(6)14)1-3(16)2-5-7(13)9(15)11(18)20-5/h4-5H,1-2H2/t4-,5+. The molecule has 0 unspecified atom stereocenters. The fourth-order valence-electron chi connectivity index (χ4n) is 1.70. The van der Waals surface area contributed by atoms with Crippen LogP contribution in [0.1, 0.15) is 12.8 Å². The minimum Gasteiger partial charge on any atom is -0.452 e. The van der Waals surface area contributed by atoms with Gasteiger partial charge in [-0.2, -0.15) is 0 Å². The summed E-state index contributed by atoms with van der Waals surface area (Å²) in [6.45, 7) is 0. The third kappa shape index (κ3) is 3.26. The van der Waals surface area contributed by atoms with Crippen LogP contribution in [0.15, 0.2) is 17.9 Å². The number of carbonyl (C=O) groups excluding carboxylic acids is 3. The lowest BCUT2D eigenvalue weighted by Crippen LogP contribution is -2.20. The molecule has 0 bridgehead atoms. The van der Waals surface area contributed by atoms with Gasteiger partial charge in [-0.15, -0.1) is 0 Å². The summed E-state index contributed by atoms with van der Waals surface area (Å²) in [7, 11) is 0. The molecule has 2 aliphatic rings. The largest absolute Gasteiger partial charge is 0.452 e. The predicted molar refractivity (Wildman–Crippen MR) is 83.8 cm³/mol. The molecular formula is C11H6Br4O5. The Morgan fingerprint density at radius 1 is 0.850 bits per heavy atom. The van der Waals surface area contributed by atoms with E-state index in [1.54, 1.807) is 0 Å². The van der Waals surface area contributed by atoms with Crippen molar-refractivity contribution in [1.82, 2.24) is 0 Å². The van der Waals surface area contributed by atoms with Gasteiger partial charge in [0, 0.05) is 12.8 Å². The Bertz CT molecular complexity index is 517. The van der Waals surface area contributed by atoms with Gasteiger partial charge in [0.05, 0.1) is 8.96 Å². The van der Waals surface area contributed by atoms with E-state index in [0.717, 1.165) is 0 Å². The van der Waals surface area contributed by atoms with E-state index in [2.05, 4.69) is 63.7 Å². The second-order valence-electron chi connectivity index (χ2n) is 4.06. The first kappa shape index (κ1) is 16.4. The van der Waals surface area contributed by atoms with E-state index < -0.39 is 24.1 Å². The molecule has 0 fully saturated rings. The molecule has 0 aromatic heterocycles. The van der Waals surface area contributed by atoms with E-state index in [1.807, 2.05) is 0 Å². The highest BCUT2D eigenvalue weighted by Crippen LogP contribution is 2.36. The summed E-state index contributed by atoms with van der Waals surface area (Å²) in [5.41, 5.74) is 0. The fourth-order valence-corrected chi connectivity index (χ4v) is 3.23. The number of ketones is 1. The predicted octanol–water partition coefficient (Wildman–Crippen LogP) is 3.19. The zero-order chi connectivity index (χ0) is 15.0. The van der Waals surface area contributed by atoms with Crippen LogP contribution in [0.2, 0.25) is 0 Å². The van der Waals surface area contributed by atoms with Gasteiger partial charge in [-0.05, 0) is 31.9 Å². The molecule has 0 N–H and O–H groups in total. The molecule has 0 radical (unpaired) electrons. The van der Waals surface area contributed by atoms with Crippen LogP contribution in [-0.2, 0) is 23.9 Å². The molecule has 0 aromatic rings. The molecule has 2 heterocycles. The van der Waals surface area contributed by atoms with Gasteiger partial charge >= 0.3 is 11.9 Å². The van der Waals surface area contributed by atoms with Crippen molar-refractivity contribution in [3.8, 4) is 0 Å². The minimum atomic E-state index is -0.632. The van der Waals surface area contributed by atoms with E-state index in [9.17, 15) is 14.4 Å². The molecule has 2 aliphatic heterocycles. The summed E-state index contributed by atoms with van der Waals surface area (Å²) in [6.07, 6.45) is -1.22. The molecule has 0 aliphatic carbocycles. The van der Waals surface area contributed by atoms with Gasteiger partial charge in [-0.25, -0.2) is 9.59 Å². The quantitative estimate of drug-likeness (QED) is 0.515. The zero-order valence-corrected chi connectivity index (χ0v) is 16.0. The third-order valence-corrected chi connectivity index (χ3v) is 7.05. The molecule has 0 spiro atoms. The van der Waals surface area contributed by atoms with Crippen LogP contribution in [-0.4, -0.2) is 29.9 Å². The second-order valence-corrected chi connectivity index (χ2v) is 7.35. The molecule has 20 heavy (non-hydrogen) atoms. The molecule has 108 valence electrons. The number of halogens is 4. The van der Waals surface area contributed by atoms with Crippen molar-refractivity contribution in [2.24, 2.45) is 0 Å². The van der Waals surface area contributed by atoms with Gasteiger partial charge < -0.3 is 9.47 Å². The summed E-state index contributed by atoms with van der Waals surface area (Å²) in [5.74, 6) is -1.20. The summed E-state index contributed by atoms with van der Waals surface area (Å²) in [4.78, 5) is 34.6. The minimum absolute atomic E-state index is 0.0212. The van der Waals surface area contributed by atoms with Crippen molar-refractivity contribution in [3.63, 3.8) is 0 Å². The lowest BCUT2D eigenvalue weighted by atomic mass is 10.1. The number of Topliss-reactive ketones (excluding diaryl/α,β-unsaturated/α-hetero) is 1. The Hall–Kier alpha value is 0.01000. The van der Waals surface area contributed by atoms with Crippen LogP contribution in [0.4, 0.5) is 0 Å². The summed E-state index contributed by atoms with van der Waals surface area (Å²) in [5, 5.41) is 0. The number of hydrogen-bond donors (Lipinski definition) is 0. The first-order valence-corrected chi connectivity index (χ1v) is 8.52. The van der Waals surface area contributed by atoms with E-state index in [-0.39, 0.29) is 27.6 Å². The molecule has 0 amide bonds. The van der Waals surface area contributed by atoms with Crippen molar-refractivity contribution in [2.75, 3.05) is 0 Å². The number of rotatable bonds is 4. The van der Waals surface area contributed by atoms with Gasteiger partial charge in [-0.3, -0.25) is 4.79 Å². The van der Waals surface area contributed by atoms with Crippen LogP contribution in [0.3, 0.4) is 0 Å². The van der Waals surface area contributed by atoms with Crippen LogP contribution in [0, 0.1) is 0 Å². The zero-order valence-electron chi connectivity index (χ0n) is 9.62. The van der Waals surface area contributed by atoms with E-state index >= 15 is 0 Å². The lowest BCUT2D eigenvalue weighted by molar-refractivity contribution is -0.140. The van der Waals surface area contributed by atoms with Crippen molar-refractivity contribution in [1.29, 1.82) is 0 Å². The molecule has 5 nitrogen and oxygen atoms in total. The molecule has 9 heteroatoms. The smallest absolute Gasteiger partial charge is 0.346 e. The molecule has 2 rings (SSSR count). The van der Waals surface area contributed by atoms with Gasteiger partial charge in [0.2, 0.25) is 0 Å². The molecule has 0 saturated heterocycles. The van der Waals surface area contributed by atoms with Crippen molar-refractivity contribution < 1.29 is 23.9 Å². The first-order valence-electron chi connectivity index (χ1n) is 5.35. The topological polar surface area (TPSA) is 69.7 Å². The molecule has 0 aromatic carbocycles. The Labute approximate surface area is 147 Å². The normalized spacial score (nSPS) is 26.2. The summed E-state index contributed by atoms with van der Waals surface area (Å²) in [6, 6.07) is 0. The monoisotopic (exact) mass is 534 g/mol. The summed E-state index contributed by atoms with van der Waals surface area (Å²) >= 11 is 12.6. The second kappa shape index (κ2) is 6.41. The van der Waals surface area contributed by atoms with Gasteiger partial charge in [0.1, 0.15) is 27.0 Å². The van der Waals surface area contributed by atoms with Crippen molar-refractivity contribution in [3.05, 3.63) is 17.9 Å². The SMILES string of the molecule is O=C(C[C@@H]1OC(=O)C(Br)=C1Br)C[C@H]1OC(=O)C(Br)=C1Br. The maximum atomic E-state index is 12.0. The molecule has 2 atom stereocenters. The highest BCUT2D eigenvalue weighted by atomic mass is 79.9.